The van der Waals surface area contributed by atoms with Crippen molar-refractivity contribution in [2.75, 3.05) is 17.6 Å². The molecule has 0 atom stereocenters. The average molecular weight is 178 g/mol. The average Bonchev–Trinajstić information content (AvgIpc) is 2.91. The lowest BCUT2D eigenvalue weighted by molar-refractivity contribution is 0.879. The summed E-state index contributed by atoms with van der Waals surface area (Å²) >= 11 is 0. The first-order valence-corrected chi connectivity index (χ1v) is 4.58. The van der Waals surface area contributed by atoms with Crippen LogP contribution < -0.4 is 11.1 Å². The summed E-state index contributed by atoms with van der Waals surface area (Å²) in [5, 5.41) is 3.28. The summed E-state index contributed by atoms with van der Waals surface area (Å²) in [5.74, 6) is 2.28. The van der Waals surface area contributed by atoms with Crippen molar-refractivity contribution in [1.82, 2.24) is 9.97 Å². The van der Waals surface area contributed by atoms with Crippen LogP contribution in [0.4, 0.5) is 11.6 Å². The summed E-state index contributed by atoms with van der Waals surface area (Å²) in [5.41, 5.74) is 6.60. The molecule has 1 aromatic heterocycles. The predicted molar refractivity (Wildman–Crippen MR) is 52.4 cm³/mol. The molecule has 3 N–H and O–H groups in total. The molecule has 1 saturated carbocycles. The SMILES string of the molecule is Cc1c(N)ncnc1NCC1CC1. The molecule has 0 spiro atoms. The number of nitrogens with zero attached hydrogens (tertiary/aromatic N) is 2. The maximum atomic E-state index is 5.65. The Bertz CT molecular complexity index is 306. The Hall–Kier alpha value is -1.32. The van der Waals surface area contributed by atoms with Gasteiger partial charge in [0, 0.05) is 12.1 Å². The third-order valence-corrected chi connectivity index (χ3v) is 2.38. The van der Waals surface area contributed by atoms with Crippen molar-refractivity contribution >= 4 is 11.6 Å². The monoisotopic (exact) mass is 178 g/mol. The second-order valence-corrected chi connectivity index (χ2v) is 3.56. The Labute approximate surface area is 77.6 Å². The van der Waals surface area contributed by atoms with Crippen LogP contribution in [-0.4, -0.2) is 16.5 Å². The number of aromatic nitrogens is 2. The van der Waals surface area contributed by atoms with Gasteiger partial charge in [0.25, 0.3) is 0 Å². The summed E-state index contributed by atoms with van der Waals surface area (Å²) in [6, 6.07) is 0. The molecule has 1 aliphatic carbocycles. The normalized spacial score (nSPS) is 15.8. The predicted octanol–water partition coefficient (Wildman–Crippen LogP) is 1.19. The lowest BCUT2D eigenvalue weighted by Crippen LogP contribution is -2.08. The van der Waals surface area contributed by atoms with Gasteiger partial charge in [0.05, 0.1) is 0 Å². The molecule has 1 aliphatic rings. The summed E-state index contributed by atoms with van der Waals surface area (Å²) in [4.78, 5) is 8.05. The number of hydrogen-bond acceptors (Lipinski definition) is 4. The van der Waals surface area contributed by atoms with Crippen LogP contribution in [0.3, 0.4) is 0 Å². The number of nitrogens with two attached hydrogens (primary N) is 1. The lowest BCUT2D eigenvalue weighted by Gasteiger charge is -2.07. The van der Waals surface area contributed by atoms with E-state index in [1.165, 1.54) is 19.2 Å². The van der Waals surface area contributed by atoms with Crippen molar-refractivity contribution in [3.63, 3.8) is 0 Å². The van der Waals surface area contributed by atoms with E-state index in [1.54, 1.807) is 0 Å². The topological polar surface area (TPSA) is 63.8 Å². The van der Waals surface area contributed by atoms with E-state index in [0.29, 0.717) is 5.82 Å². The van der Waals surface area contributed by atoms with Gasteiger partial charge in [-0.1, -0.05) is 0 Å². The maximum Gasteiger partial charge on any atom is 0.134 e. The molecule has 0 bridgehead atoms. The van der Waals surface area contributed by atoms with Crippen molar-refractivity contribution in [2.24, 2.45) is 5.92 Å². The van der Waals surface area contributed by atoms with Gasteiger partial charge in [0.2, 0.25) is 0 Å². The Kier molecular flexibility index (Phi) is 2.04. The molecular weight excluding hydrogens is 164 g/mol. The fourth-order valence-corrected chi connectivity index (χ4v) is 1.20. The summed E-state index contributed by atoms with van der Waals surface area (Å²) in [6.07, 6.45) is 4.18. The first kappa shape index (κ1) is 8.29. The summed E-state index contributed by atoms with van der Waals surface area (Å²) in [7, 11) is 0. The molecule has 1 heterocycles. The molecule has 2 rings (SSSR count). The zero-order chi connectivity index (χ0) is 9.26. The van der Waals surface area contributed by atoms with Crippen LogP contribution in [0.1, 0.15) is 18.4 Å². The highest BCUT2D eigenvalue weighted by Gasteiger charge is 2.21. The molecule has 0 amide bonds. The third-order valence-electron chi connectivity index (χ3n) is 2.38. The molecule has 1 aromatic rings. The number of nitrogen functional groups attached to an aromatic ring is 1. The smallest absolute Gasteiger partial charge is 0.134 e. The number of rotatable bonds is 3. The molecular formula is C9H14N4. The minimum Gasteiger partial charge on any atom is -0.383 e. The van der Waals surface area contributed by atoms with Crippen LogP contribution in [0.15, 0.2) is 6.33 Å². The van der Waals surface area contributed by atoms with E-state index in [1.807, 2.05) is 6.92 Å². The van der Waals surface area contributed by atoms with E-state index in [2.05, 4.69) is 15.3 Å². The molecule has 0 aliphatic heterocycles. The fraction of sp³-hybridized carbons (Fsp3) is 0.556. The summed E-state index contributed by atoms with van der Waals surface area (Å²) in [6.45, 7) is 2.95. The van der Waals surface area contributed by atoms with E-state index in [4.69, 9.17) is 5.73 Å². The molecule has 0 saturated heterocycles. The first-order valence-electron chi connectivity index (χ1n) is 4.58. The van der Waals surface area contributed by atoms with Gasteiger partial charge in [-0.3, -0.25) is 0 Å². The fourth-order valence-electron chi connectivity index (χ4n) is 1.20. The van der Waals surface area contributed by atoms with E-state index < -0.39 is 0 Å². The minimum absolute atomic E-state index is 0.563. The Morgan fingerprint density at radius 2 is 2.31 bits per heavy atom. The Morgan fingerprint density at radius 1 is 1.54 bits per heavy atom. The van der Waals surface area contributed by atoms with Gasteiger partial charge in [-0.05, 0) is 25.7 Å². The van der Waals surface area contributed by atoms with E-state index in [9.17, 15) is 0 Å². The lowest BCUT2D eigenvalue weighted by atomic mass is 10.3. The maximum absolute atomic E-state index is 5.65. The highest BCUT2D eigenvalue weighted by atomic mass is 15.0. The third kappa shape index (κ3) is 1.88. The second kappa shape index (κ2) is 3.20. The molecule has 70 valence electrons. The molecule has 0 aromatic carbocycles. The van der Waals surface area contributed by atoms with Crippen LogP contribution in [0, 0.1) is 12.8 Å². The van der Waals surface area contributed by atoms with Gasteiger partial charge >= 0.3 is 0 Å². The van der Waals surface area contributed by atoms with E-state index in [0.717, 1.165) is 23.8 Å². The summed E-state index contributed by atoms with van der Waals surface area (Å²) < 4.78 is 0. The highest BCUT2D eigenvalue weighted by Crippen LogP contribution is 2.29. The minimum atomic E-state index is 0.563. The quantitative estimate of drug-likeness (QED) is 0.729. The molecule has 4 heteroatoms. The number of anilines is 2. The van der Waals surface area contributed by atoms with Crippen molar-refractivity contribution in [3.05, 3.63) is 11.9 Å². The molecule has 13 heavy (non-hydrogen) atoms. The first-order chi connectivity index (χ1) is 6.27. The van der Waals surface area contributed by atoms with Gasteiger partial charge in [-0.2, -0.15) is 0 Å². The zero-order valence-corrected chi connectivity index (χ0v) is 7.75. The van der Waals surface area contributed by atoms with Crippen LogP contribution in [0.2, 0.25) is 0 Å². The largest absolute Gasteiger partial charge is 0.383 e. The van der Waals surface area contributed by atoms with Crippen molar-refractivity contribution in [3.8, 4) is 0 Å². The van der Waals surface area contributed by atoms with Crippen LogP contribution in [0.25, 0.3) is 0 Å². The van der Waals surface area contributed by atoms with Crippen LogP contribution >= 0.6 is 0 Å². The van der Waals surface area contributed by atoms with Crippen LogP contribution in [-0.2, 0) is 0 Å². The molecule has 0 radical (unpaired) electrons. The number of nitrogens with one attached hydrogen (secondary N) is 1. The van der Waals surface area contributed by atoms with Gasteiger partial charge in [0.15, 0.2) is 0 Å². The standard InChI is InChI=1S/C9H14N4/c1-6-8(10)12-5-13-9(6)11-4-7-2-3-7/h5,7H,2-4H2,1H3,(H3,10,11,12,13). The zero-order valence-electron chi connectivity index (χ0n) is 7.75. The number of hydrogen-bond donors (Lipinski definition) is 2. The van der Waals surface area contributed by atoms with E-state index in [-0.39, 0.29) is 0 Å². The van der Waals surface area contributed by atoms with Crippen molar-refractivity contribution < 1.29 is 0 Å². The second-order valence-electron chi connectivity index (χ2n) is 3.56. The van der Waals surface area contributed by atoms with Gasteiger partial charge in [0.1, 0.15) is 18.0 Å². The molecule has 0 unspecified atom stereocenters. The van der Waals surface area contributed by atoms with Crippen molar-refractivity contribution in [1.29, 1.82) is 0 Å². The Balaban J connectivity index is 2.05. The molecule has 1 fully saturated rings. The van der Waals surface area contributed by atoms with Gasteiger partial charge in [-0.15, -0.1) is 0 Å². The van der Waals surface area contributed by atoms with Crippen molar-refractivity contribution in [2.45, 2.75) is 19.8 Å². The van der Waals surface area contributed by atoms with Gasteiger partial charge < -0.3 is 11.1 Å². The van der Waals surface area contributed by atoms with Crippen LogP contribution in [0.5, 0.6) is 0 Å². The highest BCUT2D eigenvalue weighted by molar-refractivity contribution is 5.53. The van der Waals surface area contributed by atoms with Gasteiger partial charge in [-0.25, -0.2) is 9.97 Å². The van der Waals surface area contributed by atoms with E-state index >= 15 is 0 Å². The Morgan fingerprint density at radius 3 is 3.00 bits per heavy atom. The molecule has 4 nitrogen and oxygen atoms in total.